The second-order valence-corrected chi connectivity index (χ2v) is 5.25. The molecule has 0 aliphatic rings. The Balaban J connectivity index is 2.24. The molecule has 0 aliphatic heterocycles. The van der Waals surface area contributed by atoms with E-state index in [0.717, 1.165) is 33.4 Å². The van der Waals surface area contributed by atoms with Crippen LogP contribution in [0, 0.1) is 0 Å². The molecule has 2 nitrogen and oxygen atoms in total. The number of fused-ring (bicyclic) bond motifs is 1. The van der Waals surface area contributed by atoms with Gasteiger partial charge in [0, 0.05) is 16.6 Å². The highest BCUT2D eigenvalue weighted by Gasteiger charge is 2.10. The highest BCUT2D eigenvalue weighted by Crippen LogP contribution is 2.25. The third-order valence-corrected chi connectivity index (χ3v) is 3.60. The lowest BCUT2D eigenvalue weighted by Gasteiger charge is -2.06. The van der Waals surface area contributed by atoms with Crippen molar-refractivity contribution in [2.24, 2.45) is 0 Å². The minimum Gasteiger partial charge on any atom is -0.320 e. The van der Waals surface area contributed by atoms with Crippen LogP contribution in [0.25, 0.3) is 22.4 Å². The van der Waals surface area contributed by atoms with Crippen LogP contribution in [0.15, 0.2) is 65.7 Å². The molecule has 3 heteroatoms. The van der Waals surface area contributed by atoms with E-state index < -0.39 is 0 Å². The lowest BCUT2D eigenvalue weighted by atomic mass is 10.2. The Kier molecular flexibility index (Phi) is 3.22. The largest absolute Gasteiger partial charge is 0.320 e. The molecule has 0 N–H and O–H groups in total. The predicted molar refractivity (Wildman–Crippen MR) is 83.1 cm³/mol. The molecule has 0 atom stereocenters. The molecule has 3 rings (SSSR count). The Labute approximate surface area is 120 Å². The SMILES string of the molecule is C=CCn1c(-c2ccc(Br)cc2)nc2ccccc21. The molecular weight excluding hydrogens is 300 g/mol. The molecule has 94 valence electrons. The average molecular weight is 313 g/mol. The van der Waals surface area contributed by atoms with E-state index in [9.17, 15) is 0 Å². The fourth-order valence-electron chi connectivity index (χ4n) is 2.21. The lowest BCUT2D eigenvalue weighted by Crippen LogP contribution is -1.98. The molecule has 0 radical (unpaired) electrons. The van der Waals surface area contributed by atoms with Crippen molar-refractivity contribution in [2.45, 2.75) is 6.54 Å². The van der Waals surface area contributed by atoms with E-state index in [1.165, 1.54) is 0 Å². The maximum atomic E-state index is 4.73. The van der Waals surface area contributed by atoms with E-state index in [1.54, 1.807) is 0 Å². The Morgan fingerprint density at radius 2 is 1.84 bits per heavy atom. The first-order chi connectivity index (χ1) is 9.29. The van der Waals surface area contributed by atoms with Gasteiger partial charge in [0.2, 0.25) is 0 Å². The zero-order chi connectivity index (χ0) is 13.2. The van der Waals surface area contributed by atoms with E-state index in [2.05, 4.69) is 45.3 Å². The highest BCUT2D eigenvalue weighted by atomic mass is 79.9. The van der Waals surface area contributed by atoms with E-state index >= 15 is 0 Å². The maximum absolute atomic E-state index is 4.73. The predicted octanol–water partition coefficient (Wildman–Crippen LogP) is 4.65. The van der Waals surface area contributed by atoms with Crippen LogP contribution in [-0.4, -0.2) is 9.55 Å². The second kappa shape index (κ2) is 5.02. The van der Waals surface area contributed by atoms with Crippen molar-refractivity contribution in [3.8, 4) is 11.4 Å². The number of hydrogen-bond donors (Lipinski definition) is 0. The van der Waals surface area contributed by atoms with Crippen LogP contribution in [0.5, 0.6) is 0 Å². The number of nitrogens with zero attached hydrogens (tertiary/aromatic N) is 2. The van der Waals surface area contributed by atoms with Crippen LogP contribution in [0.2, 0.25) is 0 Å². The Morgan fingerprint density at radius 1 is 1.11 bits per heavy atom. The van der Waals surface area contributed by atoms with Crippen molar-refractivity contribution in [3.05, 3.63) is 65.7 Å². The van der Waals surface area contributed by atoms with Crippen LogP contribution in [-0.2, 0) is 6.54 Å². The summed E-state index contributed by atoms with van der Waals surface area (Å²) in [4.78, 5) is 4.73. The average Bonchev–Trinajstić information content (AvgIpc) is 2.79. The van der Waals surface area contributed by atoms with Gasteiger partial charge in [-0.05, 0) is 24.3 Å². The van der Waals surface area contributed by atoms with Crippen molar-refractivity contribution < 1.29 is 0 Å². The van der Waals surface area contributed by atoms with Crippen molar-refractivity contribution in [1.82, 2.24) is 9.55 Å². The first kappa shape index (κ1) is 12.2. The van der Waals surface area contributed by atoms with Gasteiger partial charge in [-0.2, -0.15) is 0 Å². The molecule has 0 saturated heterocycles. The van der Waals surface area contributed by atoms with Gasteiger partial charge in [0.1, 0.15) is 5.82 Å². The number of benzene rings is 2. The van der Waals surface area contributed by atoms with Gasteiger partial charge in [0.25, 0.3) is 0 Å². The summed E-state index contributed by atoms with van der Waals surface area (Å²) < 4.78 is 3.26. The van der Waals surface area contributed by atoms with Crippen molar-refractivity contribution >= 4 is 27.0 Å². The van der Waals surface area contributed by atoms with Crippen LogP contribution >= 0.6 is 15.9 Å². The molecular formula is C16H13BrN2. The zero-order valence-electron chi connectivity index (χ0n) is 10.4. The quantitative estimate of drug-likeness (QED) is 0.644. The number of imidazole rings is 1. The normalized spacial score (nSPS) is 10.8. The van der Waals surface area contributed by atoms with Gasteiger partial charge in [-0.25, -0.2) is 4.98 Å². The molecule has 1 heterocycles. The second-order valence-electron chi connectivity index (χ2n) is 4.33. The fraction of sp³-hybridized carbons (Fsp3) is 0.0625. The molecule has 0 bridgehead atoms. The molecule has 0 unspecified atom stereocenters. The third-order valence-electron chi connectivity index (χ3n) is 3.07. The van der Waals surface area contributed by atoms with Gasteiger partial charge in [-0.3, -0.25) is 0 Å². The highest BCUT2D eigenvalue weighted by molar-refractivity contribution is 9.10. The Hall–Kier alpha value is -1.87. The summed E-state index contributed by atoms with van der Waals surface area (Å²) >= 11 is 3.46. The van der Waals surface area contributed by atoms with Crippen molar-refractivity contribution in [2.75, 3.05) is 0 Å². The standard InChI is InChI=1S/C16H13BrN2/c1-2-11-19-15-6-4-3-5-14(15)18-16(19)12-7-9-13(17)10-8-12/h2-10H,1,11H2. The third kappa shape index (κ3) is 2.22. The Morgan fingerprint density at radius 3 is 2.58 bits per heavy atom. The van der Waals surface area contributed by atoms with Gasteiger partial charge in [0.15, 0.2) is 0 Å². The molecule has 19 heavy (non-hydrogen) atoms. The number of para-hydroxylation sites is 2. The van der Waals surface area contributed by atoms with Crippen LogP contribution in [0.4, 0.5) is 0 Å². The maximum Gasteiger partial charge on any atom is 0.141 e. The number of aromatic nitrogens is 2. The number of halogens is 1. The van der Waals surface area contributed by atoms with Crippen molar-refractivity contribution in [3.63, 3.8) is 0 Å². The van der Waals surface area contributed by atoms with Crippen LogP contribution in [0.1, 0.15) is 0 Å². The van der Waals surface area contributed by atoms with Crippen LogP contribution < -0.4 is 0 Å². The topological polar surface area (TPSA) is 17.8 Å². The van der Waals surface area contributed by atoms with Crippen LogP contribution in [0.3, 0.4) is 0 Å². The molecule has 0 fully saturated rings. The Bertz CT molecular complexity index is 726. The van der Waals surface area contributed by atoms with Gasteiger partial charge in [0.05, 0.1) is 11.0 Å². The van der Waals surface area contributed by atoms with Gasteiger partial charge in [-0.15, -0.1) is 6.58 Å². The first-order valence-corrected chi connectivity index (χ1v) is 6.91. The fourth-order valence-corrected chi connectivity index (χ4v) is 2.47. The van der Waals surface area contributed by atoms with E-state index in [4.69, 9.17) is 4.98 Å². The van der Waals surface area contributed by atoms with E-state index in [0.29, 0.717) is 0 Å². The minimum absolute atomic E-state index is 0.756. The first-order valence-electron chi connectivity index (χ1n) is 6.11. The summed E-state index contributed by atoms with van der Waals surface area (Å²) in [5.74, 6) is 0.980. The van der Waals surface area contributed by atoms with E-state index in [1.807, 2.05) is 36.4 Å². The van der Waals surface area contributed by atoms with E-state index in [-0.39, 0.29) is 0 Å². The lowest BCUT2D eigenvalue weighted by molar-refractivity contribution is 0.862. The summed E-state index contributed by atoms with van der Waals surface area (Å²) in [6, 6.07) is 16.4. The molecule has 1 aromatic heterocycles. The van der Waals surface area contributed by atoms with Gasteiger partial charge in [-0.1, -0.05) is 46.3 Å². The minimum atomic E-state index is 0.756. The molecule has 0 spiro atoms. The summed E-state index contributed by atoms with van der Waals surface area (Å²) in [5.41, 5.74) is 3.27. The van der Waals surface area contributed by atoms with Gasteiger partial charge >= 0.3 is 0 Å². The van der Waals surface area contributed by atoms with Crippen molar-refractivity contribution in [1.29, 1.82) is 0 Å². The summed E-state index contributed by atoms with van der Waals surface area (Å²) in [6.07, 6.45) is 1.90. The molecule has 0 amide bonds. The molecule has 3 aromatic rings. The molecule has 2 aromatic carbocycles. The number of rotatable bonds is 3. The number of hydrogen-bond acceptors (Lipinski definition) is 1. The van der Waals surface area contributed by atoms with Gasteiger partial charge < -0.3 is 4.57 Å². The number of allylic oxidation sites excluding steroid dienone is 1. The summed E-state index contributed by atoms with van der Waals surface area (Å²) in [7, 11) is 0. The molecule has 0 saturated carbocycles. The smallest absolute Gasteiger partial charge is 0.141 e. The molecule has 0 aliphatic carbocycles. The zero-order valence-corrected chi connectivity index (χ0v) is 12.0. The summed E-state index contributed by atoms with van der Waals surface area (Å²) in [6.45, 7) is 4.59. The monoisotopic (exact) mass is 312 g/mol. The summed E-state index contributed by atoms with van der Waals surface area (Å²) in [5, 5.41) is 0.